The highest BCUT2D eigenvalue weighted by Crippen LogP contribution is 2.24. The summed E-state index contributed by atoms with van der Waals surface area (Å²) in [4.78, 5) is 12.3. The third-order valence-electron chi connectivity index (χ3n) is 4.07. The second kappa shape index (κ2) is 6.45. The molecule has 0 unspecified atom stereocenters. The SMILES string of the molecule is CC(C)c1ccc(O)c(C(=O)N[C@@H]2CCC[C@@H](O)[C@@H]2O)c1. The van der Waals surface area contributed by atoms with Crippen LogP contribution in [0.1, 0.15) is 54.9 Å². The number of benzene rings is 1. The molecule has 0 bridgehead atoms. The third kappa shape index (κ3) is 3.54. The van der Waals surface area contributed by atoms with Gasteiger partial charge < -0.3 is 20.6 Å². The average Bonchev–Trinajstić information content (AvgIpc) is 2.44. The first kappa shape index (κ1) is 15.8. The van der Waals surface area contributed by atoms with Crippen molar-refractivity contribution < 1.29 is 20.1 Å². The first-order valence-corrected chi connectivity index (χ1v) is 7.40. The Morgan fingerprint density at radius 1 is 1.29 bits per heavy atom. The van der Waals surface area contributed by atoms with E-state index in [1.54, 1.807) is 12.1 Å². The molecule has 21 heavy (non-hydrogen) atoms. The molecule has 1 saturated carbocycles. The molecule has 1 fully saturated rings. The van der Waals surface area contributed by atoms with E-state index in [0.29, 0.717) is 12.8 Å². The molecule has 1 aromatic rings. The van der Waals surface area contributed by atoms with E-state index >= 15 is 0 Å². The minimum absolute atomic E-state index is 0.0808. The Balaban J connectivity index is 2.14. The number of nitrogens with one attached hydrogen (secondary N) is 1. The molecule has 1 amide bonds. The van der Waals surface area contributed by atoms with Crippen LogP contribution < -0.4 is 5.32 Å². The zero-order valence-electron chi connectivity index (χ0n) is 12.4. The molecule has 1 aliphatic carbocycles. The fraction of sp³-hybridized carbons (Fsp3) is 0.562. The van der Waals surface area contributed by atoms with E-state index in [4.69, 9.17) is 0 Å². The van der Waals surface area contributed by atoms with Crippen LogP contribution in [0, 0.1) is 0 Å². The molecule has 0 heterocycles. The lowest BCUT2D eigenvalue weighted by molar-refractivity contribution is -0.0278. The molecule has 0 saturated heterocycles. The van der Waals surface area contributed by atoms with E-state index in [0.717, 1.165) is 12.0 Å². The van der Waals surface area contributed by atoms with E-state index in [1.165, 1.54) is 6.07 Å². The Bertz CT molecular complexity index is 515. The van der Waals surface area contributed by atoms with Gasteiger partial charge in [-0.1, -0.05) is 19.9 Å². The summed E-state index contributed by atoms with van der Waals surface area (Å²) >= 11 is 0. The van der Waals surface area contributed by atoms with Crippen molar-refractivity contribution in [3.05, 3.63) is 29.3 Å². The third-order valence-corrected chi connectivity index (χ3v) is 4.07. The van der Waals surface area contributed by atoms with E-state index < -0.39 is 24.2 Å². The van der Waals surface area contributed by atoms with Crippen LogP contribution in [0.2, 0.25) is 0 Å². The summed E-state index contributed by atoms with van der Waals surface area (Å²) in [5.74, 6) is -0.254. The molecule has 4 N–H and O–H groups in total. The summed E-state index contributed by atoms with van der Waals surface area (Å²) < 4.78 is 0. The number of phenols is 1. The van der Waals surface area contributed by atoms with E-state index in [1.807, 2.05) is 13.8 Å². The van der Waals surface area contributed by atoms with E-state index in [9.17, 15) is 20.1 Å². The van der Waals surface area contributed by atoms with Crippen LogP contribution in [0.5, 0.6) is 5.75 Å². The van der Waals surface area contributed by atoms with E-state index in [2.05, 4.69) is 5.32 Å². The number of hydrogen-bond donors (Lipinski definition) is 4. The molecule has 0 aliphatic heterocycles. The number of carbonyl (C=O) groups is 1. The summed E-state index contributed by atoms with van der Waals surface area (Å²) in [7, 11) is 0. The summed E-state index contributed by atoms with van der Waals surface area (Å²) in [5, 5.41) is 32.1. The predicted octanol–water partition coefficient (Wildman–Crippen LogP) is 1.52. The van der Waals surface area contributed by atoms with Crippen molar-refractivity contribution in [3.63, 3.8) is 0 Å². The maximum absolute atomic E-state index is 12.3. The number of phenolic OH excluding ortho intramolecular Hbond substituents is 1. The van der Waals surface area contributed by atoms with Gasteiger partial charge in [0.05, 0.1) is 23.8 Å². The van der Waals surface area contributed by atoms with Crippen LogP contribution in [0.4, 0.5) is 0 Å². The first-order chi connectivity index (χ1) is 9.90. The standard InChI is InChI=1S/C16H23NO4/c1-9(2)10-6-7-13(18)11(8-10)16(21)17-12-4-3-5-14(19)15(12)20/h6-9,12,14-15,18-20H,3-5H2,1-2H3,(H,17,21)/t12-,14-,15-/m1/s1. The van der Waals surface area contributed by atoms with E-state index in [-0.39, 0.29) is 17.2 Å². The fourth-order valence-electron chi connectivity index (χ4n) is 2.65. The van der Waals surface area contributed by atoms with Gasteiger partial charge in [-0.3, -0.25) is 4.79 Å². The van der Waals surface area contributed by atoms with Crippen LogP contribution in [0.25, 0.3) is 0 Å². The maximum atomic E-state index is 12.3. The van der Waals surface area contributed by atoms with Crippen LogP contribution in [0.15, 0.2) is 18.2 Å². The van der Waals surface area contributed by atoms with Gasteiger partial charge in [-0.2, -0.15) is 0 Å². The van der Waals surface area contributed by atoms with Crippen LogP contribution in [-0.4, -0.2) is 39.5 Å². The molecule has 5 nitrogen and oxygen atoms in total. The number of amides is 1. The number of carbonyl (C=O) groups excluding carboxylic acids is 1. The topological polar surface area (TPSA) is 89.8 Å². The highest BCUT2D eigenvalue weighted by atomic mass is 16.3. The summed E-state index contributed by atoms with van der Waals surface area (Å²) in [6.07, 6.45) is 0.148. The van der Waals surface area contributed by atoms with Crippen molar-refractivity contribution in [2.24, 2.45) is 0 Å². The molecule has 1 aliphatic rings. The van der Waals surface area contributed by atoms with Crippen molar-refractivity contribution in [1.82, 2.24) is 5.32 Å². The molecule has 5 heteroatoms. The van der Waals surface area contributed by atoms with Crippen molar-refractivity contribution in [1.29, 1.82) is 0 Å². The lowest BCUT2D eigenvalue weighted by atomic mass is 9.90. The lowest BCUT2D eigenvalue weighted by Crippen LogP contribution is -2.51. The van der Waals surface area contributed by atoms with Crippen LogP contribution >= 0.6 is 0 Å². The molecule has 1 aromatic carbocycles. The van der Waals surface area contributed by atoms with Gasteiger partial charge in [0.25, 0.3) is 5.91 Å². The minimum Gasteiger partial charge on any atom is -0.507 e. The van der Waals surface area contributed by atoms with Gasteiger partial charge in [0.2, 0.25) is 0 Å². The highest BCUT2D eigenvalue weighted by molar-refractivity contribution is 5.97. The molecule has 0 spiro atoms. The maximum Gasteiger partial charge on any atom is 0.255 e. The van der Waals surface area contributed by atoms with Crippen molar-refractivity contribution in [2.75, 3.05) is 0 Å². The quantitative estimate of drug-likeness (QED) is 0.680. The van der Waals surface area contributed by atoms with Gasteiger partial charge in [-0.05, 0) is 42.9 Å². The minimum atomic E-state index is -0.960. The molecule has 0 radical (unpaired) electrons. The predicted molar refractivity (Wildman–Crippen MR) is 79.3 cm³/mol. The Morgan fingerprint density at radius 3 is 2.67 bits per heavy atom. The van der Waals surface area contributed by atoms with Gasteiger partial charge in [0.1, 0.15) is 5.75 Å². The van der Waals surface area contributed by atoms with Gasteiger partial charge in [-0.25, -0.2) is 0 Å². The molecular formula is C16H23NO4. The molecule has 0 aromatic heterocycles. The Kier molecular flexibility index (Phi) is 4.85. The summed E-state index contributed by atoms with van der Waals surface area (Å²) in [6, 6.07) is 4.48. The Hall–Kier alpha value is -1.59. The number of aromatic hydroxyl groups is 1. The van der Waals surface area contributed by atoms with Crippen molar-refractivity contribution >= 4 is 5.91 Å². The van der Waals surface area contributed by atoms with Gasteiger partial charge in [0.15, 0.2) is 0 Å². The first-order valence-electron chi connectivity index (χ1n) is 7.40. The summed E-state index contributed by atoms with van der Waals surface area (Å²) in [5.41, 5.74) is 1.16. The zero-order valence-corrected chi connectivity index (χ0v) is 12.4. The lowest BCUT2D eigenvalue weighted by Gasteiger charge is -2.32. The Labute approximate surface area is 124 Å². The molecular weight excluding hydrogens is 270 g/mol. The number of aliphatic hydroxyl groups is 2. The molecule has 3 atom stereocenters. The van der Waals surface area contributed by atoms with Crippen LogP contribution in [-0.2, 0) is 0 Å². The zero-order chi connectivity index (χ0) is 15.6. The highest BCUT2D eigenvalue weighted by Gasteiger charge is 2.32. The number of aliphatic hydroxyl groups excluding tert-OH is 2. The van der Waals surface area contributed by atoms with Gasteiger partial charge >= 0.3 is 0 Å². The smallest absolute Gasteiger partial charge is 0.255 e. The second-order valence-corrected chi connectivity index (χ2v) is 6.00. The van der Waals surface area contributed by atoms with Crippen molar-refractivity contribution in [3.8, 4) is 5.75 Å². The van der Waals surface area contributed by atoms with Gasteiger partial charge in [0, 0.05) is 0 Å². The largest absolute Gasteiger partial charge is 0.507 e. The second-order valence-electron chi connectivity index (χ2n) is 6.00. The normalized spacial score (nSPS) is 25.9. The average molecular weight is 293 g/mol. The number of rotatable bonds is 3. The summed E-state index contributed by atoms with van der Waals surface area (Å²) in [6.45, 7) is 4.02. The van der Waals surface area contributed by atoms with Crippen LogP contribution in [0.3, 0.4) is 0 Å². The Morgan fingerprint density at radius 2 is 2.00 bits per heavy atom. The fourth-order valence-corrected chi connectivity index (χ4v) is 2.65. The molecule has 2 rings (SSSR count). The van der Waals surface area contributed by atoms with Crippen molar-refractivity contribution in [2.45, 2.75) is 57.3 Å². The molecule has 116 valence electrons. The number of hydrogen-bond acceptors (Lipinski definition) is 4. The monoisotopic (exact) mass is 293 g/mol. The van der Waals surface area contributed by atoms with Gasteiger partial charge in [-0.15, -0.1) is 0 Å².